The van der Waals surface area contributed by atoms with E-state index in [2.05, 4.69) is 15.9 Å². The van der Waals surface area contributed by atoms with Crippen molar-refractivity contribution in [2.24, 2.45) is 0 Å². The first-order valence-corrected chi connectivity index (χ1v) is 7.15. The van der Waals surface area contributed by atoms with Crippen molar-refractivity contribution in [3.8, 4) is 0 Å². The Balaban J connectivity index is 1.95. The predicted octanol–water partition coefficient (Wildman–Crippen LogP) is 3.75. The first-order chi connectivity index (χ1) is 9.18. The second-order valence-electron chi connectivity index (χ2n) is 3.97. The van der Waals surface area contributed by atoms with Gasteiger partial charge in [-0.15, -0.1) is 0 Å². The van der Waals surface area contributed by atoms with Crippen LogP contribution >= 0.6 is 27.9 Å². The summed E-state index contributed by atoms with van der Waals surface area (Å²) in [6.07, 6.45) is 0. The molecule has 1 aliphatic rings. The number of rotatable bonds is 2. The van der Waals surface area contributed by atoms with Gasteiger partial charge in [0.25, 0.3) is 11.8 Å². The lowest BCUT2D eigenvalue weighted by Crippen LogP contribution is -2.21. The van der Waals surface area contributed by atoms with Crippen LogP contribution in [-0.4, -0.2) is 16.1 Å². The fourth-order valence-electron chi connectivity index (χ4n) is 1.87. The molecule has 0 saturated heterocycles. The molecule has 3 rings (SSSR count). The van der Waals surface area contributed by atoms with E-state index in [1.807, 2.05) is 24.3 Å². The van der Waals surface area contributed by atoms with E-state index in [0.717, 1.165) is 21.3 Å². The number of fused-ring (bicyclic) bond motifs is 1. The standard InChI is InChI=1S/C14H8BrNO2S/c15-11-7-3-4-8-12(11)19-16-13(17)9-5-1-2-6-10(9)14(16)18/h1-8H. The third kappa shape index (κ3) is 2.09. The predicted molar refractivity (Wildman–Crippen MR) is 76.9 cm³/mol. The van der Waals surface area contributed by atoms with E-state index >= 15 is 0 Å². The molecule has 0 atom stereocenters. The molecule has 94 valence electrons. The lowest BCUT2D eigenvalue weighted by Gasteiger charge is -2.12. The Morgan fingerprint density at radius 1 is 0.842 bits per heavy atom. The summed E-state index contributed by atoms with van der Waals surface area (Å²) in [6.45, 7) is 0. The van der Waals surface area contributed by atoms with E-state index in [0.29, 0.717) is 11.1 Å². The lowest BCUT2D eigenvalue weighted by atomic mass is 10.1. The zero-order chi connectivity index (χ0) is 13.4. The third-order valence-corrected chi connectivity index (χ3v) is 4.80. The molecular formula is C14H8BrNO2S. The van der Waals surface area contributed by atoms with Gasteiger partial charge in [0.2, 0.25) is 0 Å². The minimum absolute atomic E-state index is 0.263. The maximum atomic E-state index is 12.2. The number of hydrogen-bond donors (Lipinski definition) is 0. The first-order valence-electron chi connectivity index (χ1n) is 5.59. The Morgan fingerprint density at radius 2 is 1.37 bits per heavy atom. The summed E-state index contributed by atoms with van der Waals surface area (Å²) in [7, 11) is 0. The fourth-order valence-corrected chi connectivity index (χ4v) is 3.22. The molecule has 2 aromatic carbocycles. The van der Waals surface area contributed by atoms with Gasteiger partial charge in [0.15, 0.2) is 0 Å². The minimum Gasteiger partial charge on any atom is -0.268 e. The molecular weight excluding hydrogens is 326 g/mol. The zero-order valence-electron chi connectivity index (χ0n) is 9.67. The van der Waals surface area contributed by atoms with Crippen LogP contribution in [0.1, 0.15) is 20.7 Å². The topological polar surface area (TPSA) is 37.4 Å². The van der Waals surface area contributed by atoms with E-state index in [1.165, 1.54) is 4.31 Å². The van der Waals surface area contributed by atoms with Gasteiger partial charge >= 0.3 is 0 Å². The first kappa shape index (κ1) is 12.4. The minimum atomic E-state index is -0.263. The Morgan fingerprint density at radius 3 is 1.95 bits per heavy atom. The molecule has 0 unspecified atom stereocenters. The van der Waals surface area contributed by atoms with Gasteiger partial charge in [-0.05, 0) is 52.1 Å². The molecule has 0 spiro atoms. The van der Waals surface area contributed by atoms with Gasteiger partial charge in [-0.1, -0.05) is 24.3 Å². The summed E-state index contributed by atoms with van der Waals surface area (Å²) in [5, 5.41) is 0. The average molecular weight is 334 g/mol. The third-order valence-electron chi connectivity index (χ3n) is 2.78. The molecule has 0 radical (unpaired) electrons. The summed E-state index contributed by atoms with van der Waals surface area (Å²) in [4.78, 5) is 25.2. The molecule has 0 saturated carbocycles. The summed E-state index contributed by atoms with van der Waals surface area (Å²) in [5.41, 5.74) is 0.930. The van der Waals surface area contributed by atoms with E-state index in [-0.39, 0.29) is 11.8 Å². The van der Waals surface area contributed by atoms with Crippen molar-refractivity contribution in [3.05, 3.63) is 64.1 Å². The van der Waals surface area contributed by atoms with E-state index in [9.17, 15) is 9.59 Å². The summed E-state index contributed by atoms with van der Waals surface area (Å²) in [5.74, 6) is -0.525. The Bertz CT molecular complexity index is 652. The second kappa shape index (κ2) is 4.83. The molecule has 0 aromatic heterocycles. The highest BCUT2D eigenvalue weighted by atomic mass is 79.9. The van der Waals surface area contributed by atoms with Crippen molar-refractivity contribution in [2.45, 2.75) is 4.90 Å². The van der Waals surface area contributed by atoms with Crippen LogP contribution in [0.4, 0.5) is 0 Å². The second-order valence-corrected chi connectivity index (χ2v) is 5.81. The molecule has 0 bridgehead atoms. The SMILES string of the molecule is O=C1c2ccccc2C(=O)N1Sc1ccccc1Br. The molecule has 2 amide bonds. The lowest BCUT2D eigenvalue weighted by molar-refractivity contribution is 0.0777. The van der Waals surface area contributed by atoms with Crippen molar-refractivity contribution < 1.29 is 9.59 Å². The summed E-state index contributed by atoms with van der Waals surface area (Å²) >= 11 is 4.55. The van der Waals surface area contributed by atoms with Crippen LogP contribution in [0.25, 0.3) is 0 Å². The number of hydrogen-bond acceptors (Lipinski definition) is 3. The van der Waals surface area contributed by atoms with E-state index in [1.54, 1.807) is 24.3 Å². The summed E-state index contributed by atoms with van der Waals surface area (Å²) in [6, 6.07) is 14.4. The van der Waals surface area contributed by atoms with E-state index < -0.39 is 0 Å². The number of nitrogens with zero attached hydrogens (tertiary/aromatic N) is 1. The van der Waals surface area contributed by atoms with Crippen molar-refractivity contribution >= 4 is 39.7 Å². The van der Waals surface area contributed by atoms with Crippen LogP contribution in [0, 0.1) is 0 Å². The van der Waals surface area contributed by atoms with Crippen molar-refractivity contribution in [1.29, 1.82) is 0 Å². The Labute approximate surface area is 122 Å². The average Bonchev–Trinajstić information content (AvgIpc) is 2.67. The largest absolute Gasteiger partial charge is 0.272 e. The number of amides is 2. The highest BCUT2D eigenvalue weighted by molar-refractivity contribution is 9.10. The molecule has 1 heterocycles. The van der Waals surface area contributed by atoms with Crippen molar-refractivity contribution in [2.75, 3.05) is 0 Å². The van der Waals surface area contributed by atoms with Crippen LogP contribution in [0.5, 0.6) is 0 Å². The van der Waals surface area contributed by atoms with Gasteiger partial charge in [0.1, 0.15) is 0 Å². The molecule has 0 N–H and O–H groups in total. The van der Waals surface area contributed by atoms with Crippen LogP contribution in [0.15, 0.2) is 57.9 Å². The summed E-state index contributed by atoms with van der Waals surface area (Å²) < 4.78 is 2.06. The number of carbonyl (C=O) groups excluding carboxylic acids is 2. The highest BCUT2D eigenvalue weighted by Crippen LogP contribution is 2.35. The molecule has 2 aromatic rings. The van der Waals surface area contributed by atoms with Crippen molar-refractivity contribution in [3.63, 3.8) is 0 Å². The zero-order valence-corrected chi connectivity index (χ0v) is 12.1. The molecule has 0 aliphatic carbocycles. The monoisotopic (exact) mass is 333 g/mol. The van der Waals surface area contributed by atoms with Gasteiger partial charge in [0.05, 0.1) is 11.1 Å². The van der Waals surface area contributed by atoms with Gasteiger partial charge in [0, 0.05) is 9.37 Å². The van der Waals surface area contributed by atoms with Crippen LogP contribution in [0.2, 0.25) is 0 Å². The maximum Gasteiger partial charge on any atom is 0.272 e. The smallest absolute Gasteiger partial charge is 0.268 e. The number of halogens is 1. The molecule has 5 heteroatoms. The number of imide groups is 1. The van der Waals surface area contributed by atoms with E-state index in [4.69, 9.17) is 0 Å². The highest BCUT2D eigenvalue weighted by Gasteiger charge is 2.36. The van der Waals surface area contributed by atoms with Gasteiger partial charge in [-0.2, -0.15) is 0 Å². The molecule has 19 heavy (non-hydrogen) atoms. The van der Waals surface area contributed by atoms with Crippen LogP contribution < -0.4 is 0 Å². The molecule has 0 fully saturated rings. The number of benzene rings is 2. The quantitative estimate of drug-likeness (QED) is 0.620. The molecule has 1 aliphatic heterocycles. The number of carbonyl (C=O) groups is 2. The Hall–Kier alpha value is -1.59. The molecule has 3 nitrogen and oxygen atoms in total. The van der Waals surface area contributed by atoms with Gasteiger partial charge < -0.3 is 0 Å². The van der Waals surface area contributed by atoms with Crippen molar-refractivity contribution in [1.82, 2.24) is 4.31 Å². The fraction of sp³-hybridized carbons (Fsp3) is 0. The van der Waals surface area contributed by atoms with Gasteiger partial charge in [-0.25, -0.2) is 4.31 Å². The van der Waals surface area contributed by atoms with Gasteiger partial charge in [-0.3, -0.25) is 9.59 Å². The van der Waals surface area contributed by atoms with Crippen LogP contribution in [0.3, 0.4) is 0 Å². The Kier molecular flexibility index (Phi) is 3.16. The maximum absolute atomic E-state index is 12.2. The normalized spacial score (nSPS) is 13.8. The van der Waals surface area contributed by atoms with Crippen LogP contribution in [-0.2, 0) is 0 Å².